The molecule has 0 aliphatic rings. The van der Waals surface area contributed by atoms with E-state index in [1.807, 2.05) is 13.8 Å². The van der Waals surface area contributed by atoms with Gasteiger partial charge in [0, 0.05) is 0 Å². The number of ether oxygens (including phenoxy) is 1. The average Bonchev–Trinajstić information content (AvgIpc) is 2.15. The van der Waals surface area contributed by atoms with Gasteiger partial charge in [-0.2, -0.15) is 0 Å². The van der Waals surface area contributed by atoms with E-state index in [2.05, 4.69) is 41.5 Å². The molecule has 0 aromatic rings. The molecule has 1 atom stereocenters. The molecule has 0 aromatic carbocycles. The lowest BCUT2D eigenvalue weighted by molar-refractivity contribution is -0.164. The molecule has 0 aliphatic heterocycles. The fourth-order valence-corrected chi connectivity index (χ4v) is 2.02. The van der Waals surface area contributed by atoms with Gasteiger partial charge in [0.15, 0.2) is 0 Å². The third-order valence-electron chi connectivity index (χ3n) is 4.17. The van der Waals surface area contributed by atoms with Gasteiger partial charge in [-0.1, -0.05) is 48.0 Å². The van der Waals surface area contributed by atoms with E-state index in [0.717, 1.165) is 12.8 Å². The van der Waals surface area contributed by atoms with Crippen molar-refractivity contribution in [2.24, 2.45) is 16.2 Å². The Hall–Kier alpha value is -0.530. The Labute approximate surface area is 107 Å². The molecule has 0 spiro atoms. The quantitative estimate of drug-likeness (QED) is 0.667. The smallest absolute Gasteiger partial charge is 0.312 e. The second kappa shape index (κ2) is 5.41. The largest absolute Gasteiger partial charge is 0.466 e. The van der Waals surface area contributed by atoms with E-state index in [-0.39, 0.29) is 16.8 Å². The van der Waals surface area contributed by atoms with E-state index in [0.29, 0.717) is 6.61 Å². The summed E-state index contributed by atoms with van der Waals surface area (Å²) >= 11 is 0. The van der Waals surface area contributed by atoms with Gasteiger partial charge in [-0.05, 0) is 31.1 Å². The molecule has 0 radical (unpaired) electrons. The Bertz CT molecular complexity index is 261. The van der Waals surface area contributed by atoms with Gasteiger partial charge in [0.25, 0.3) is 0 Å². The highest BCUT2D eigenvalue weighted by atomic mass is 16.5. The minimum absolute atomic E-state index is 0.0611. The molecule has 0 saturated carbocycles. The highest BCUT2D eigenvalue weighted by Crippen LogP contribution is 2.48. The highest BCUT2D eigenvalue weighted by Gasteiger charge is 2.48. The van der Waals surface area contributed by atoms with Gasteiger partial charge in [-0.25, -0.2) is 0 Å². The van der Waals surface area contributed by atoms with Crippen molar-refractivity contribution in [3.8, 4) is 0 Å². The van der Waals surface area contributed by atoms with E-state index in [1.54, 1.807) is 0 Å². The van der Waals surface area contributed by atoms with E-state index in [9.17, 15) is 4.79 Å². The normalized spacial score (nSPS) is 16.5. The first kappa shape index (κ1) is 16.5. The molecule has 1 unspecified atom stereocenters. The van der Waals surface area contributed by atoms with Gasteiger partial charge in [0.2, 0.25) is 0 Å². The number of carbonyl (C=O) groups is 1. The maximum absolute atomic E-state index is 12.3. The summed E-state index contributed by atoms with van der Waals surface area (Å²) in [5.41, 5.74) is -0.358. The molecule has 0 rings (SSSR count). The molecule has 102 valence electrons. The van der Waals surface area contributed by atoms with Crippen LogP contribution in [0, 0.1) is 16.2 Å². The molecule has 17 heavy (non-hydrogen) atoms. The summed E-state index contributed by atoms with van der Waals surface area (Å²) in [5, 5.41) is 0. The molecule has 0 aromatic heterocycles. The Morgan fingerprint density at radius 3 is 1.76 bits per heavy atom. The second-order valence-corrected chi connectivity index (χ2v) is 7.00. The number of carbonyl (C=O) groups excluding carboxylic acids is 1. The summed E-state index contributed by atoms with van der Waals surface area (Å²) in [7, 11) is 0. The van der Waals surface area contributed by atoms with Gasteiger partial charge < -0.3 is 4.74 Å². The van der Waals surface area contributed by atoms with E-state index < -0.39 is 5.41 Å². The summed E-state index contributed by atoms with van der Waals surface area (Å²) < 4.78 is 5.28. The summed E-state index contributed by atoms with van der Waals surface area (Å²) in [6, 6.07) is 0. The third kappa shape index (κ3) is 4.01. The number of hydrogen-bond donors (Lipinski definition) is 0. The molecule has 0 saturated heterocycles. The maximum Gasteiger partial charge on any atom is 0.312 e. The van der Waals surface area contributed by atoms with Crippen molar-refractivity contribution in [3.63, 3.8) is 0 Å². The molecule has 0 heterocycles. The van der Waals surface area contributed by atoms with Crippen LogP contribution in [0.5, 0.6) is 0 Å². The van der Waals surface area contributed by atoms with Crippen molar-refractivity contribution in [2.75, 3.05) is 6.61 Å². The molecular weight excluding hydrogens is 212 g/mol. The number of hydrogen-bond acceptors (Lipinski definition) is 2. The first-order valence-corrected chi connectivity index (χ1v) is 6.67. The molecule has 0 amide bonds. The first-order chi connectivity index (χ1) is 7.50. The van der Waals surface area contributed by atoms with Crippen LogP contribution in [0.1, 0.15) is 68.2 Å². The number of rotatable bonds is 5. The zero-order chi connectivity index (χ0) is 13.9. The lowest BCUT2D eigenvalue weighted by atomic mass is 9.60. The lowest BCUT2D eigenvalue weighted by Gasteiger charge is -2.44. The zero-order valence-electron chi connectivity index (χ0n) is 12.9. The van der Waals surface area contributed by atoms with Gasteiger partial charge in [0.05, 0.1) is 12.0 Å². The molecule has 2 nitrogen and oxygen atoms in total. The van der Waals surface area contributed by atoms with Gasteiger partial charge in [-0.15, -0.1) is 0 Å². The summed E-state index contributed by atoms with van der Waals surface area (Å²) in [6.07, 6.45) is 1.93. The zero-order valence-corrected chi connectivity index (χ0v) is 12.9. The summed E-state index contributed by atoms with van der Waals surface area (Å²) in [6.45, 7) is 17.3. The summed E-state index contributed by atoms with van der Waals surface area (Å²) in [5.74, 6) is -0.0611. The predicted octanol–water partition coefficient (Wildman–Crippen LogP) is 4.43. The summed E-state index contributed by atoms with van der Waals surface area (Å²) in [4.78, 5) is 12.3. The fraction of sp³-hybridized carbons (Fsp3) is 0.933. The second-order valence-electron chi connectivity index (χ2n) is 7.00. The molecule has 2 heteroatoms. The van der Waals surface area contributed by atoms with Gasteiger partial charge >= 0.3 is 5.97 Å². The van der Waals surface area contributed by atoms with Crippen molar-refractivity contribution in [2.45, 2.75) is 68.2 Å². The van der Waals surface area contributed by atoms with Crippen molar-refractivity contribution in [1.82, 2.24) is 0 Å². The van der Waals surface area contributed by atoms with E-state index in [4.69, 9.17) is 4.74 Å². The Balaban J connectivity index is 5.20. The van der Waals surface area contributed by atoms with Crippen LogP contribution < -0.4 is 0 Å². The molecular formula is C15H30O2. The standard InChI is InChI=1S/C15H30O2/c1-9-14(6,7)11-15(8,13(3,4)5)12(16)17-10-2/h9-11H2,1-8H3. The van der Waals surface area contributed by atoms with Crippen molar-refractivity contribution < 1.29 is 9.53 Å². The predicted molar refractivity (Wildman–Crippen MR) is 72.9 cm³/mol. The average molecular weight is 242 g/mol. The van der Waals surface area contributed by atoms with E-state index in [1.165, 1.54) is 0 Å². The van der Waals surface area contributed by atoms with Crippen LogP contribution in [0.15, 0.2) is 0 Å². The topological polar surface area (TPSA) is 26.3 Å². The van der Waals surface area contributed by atoms with Crippen LogP contribution >= 0.6 is 0 Å². The van der Waals surface area contributed by atoms with Crippen LogP contribution in [0.2, 0.25) is 0 Å². The minimum Gasteiger partial charge on any atom is -0.466 e. The monoisotopic (exact) mass is 242 g/mol. The fourth-order valence-electron chi connectivity index (χ4n) is 2.02. The first-order valence-electron chi connectivity index (χ1n) is 6.67. The van der Waals surface area contributed by atoms with E-state index >= 15 is 0 Å². The molecule has 0 fully saturated rings. The van der Waals surface area contributed by atoms with Crippen LogP contribution in [0.3, 0.4) is 0 Å². The number of esters is 1. The van der Waals surface area contributed by atoms with Crippen molar-refractivity contribution >= 4 is 5.97 Å². The van der Waals surface area contributed by atoms with Crippen molar-refractivity contribution in [3.05, 3.63) is 0 Å². The highest BCUT2D eigenvalue weighted by molar-refractivity contribution is 5.77. The van der Waals surface area contributed by atoms with Gasteiger partial charge in [0.1, 0.15) is 0 Å². The van der Waals surface area contributed by atoms with Crippen molar-refractivity contribution in [1.29, 1.82) is 0 Å². The SMILES string of the molecule is CCOC(=O)C(C)(CC(C)(C)CC)C(C)(C)C. The Morgan fingerprint density at radius 2 is 1.47 bits per heavy atom. The molecule has 0 N–H and O–H groups in total. The Morgan fingerprint density at radius 1 is 1.00 bits per heavy atom. The lowest BCUT2D eigenvalue weighted by Crippen LogP contribution is -2.44. The van der Waals surface area contributed by atoms with Crippen LogP contribution in [0.4, 0.5) is 0 Å². The van der Waals surface area contributed by atoms with Crippen LogP contribution in [0.25, 0.3) is 0 Å². The minimum atomic E-state index is -0.428. The Kier molecular flexibility index (Phi) is 5.24. The molecule has 0 bridgehead atoms. The van der Waals surface area contributed by atoms with Crippen LogP contribution in [-0.2, 0) is 9.53 Å². The van der Waals surface area contributed by atoms with Crippen LogP contribution in [-0.4, -0.2) is 12.6 Å². The molecule has 0 aliphatic carbocycles. The maximum atomic E-state index is 12.3. The van der Waals surface area contributed by atoms with Gasteiger partial charge in [-0.3, -0.25) is 4.79 Å². The third-order valence-corrected chi connectivity index (χ3v) is 4.17.